The van der Waals surface area contributed by atoms with Gasteiger partial charge >= 0.3 is 6.09 Å². The summed E-state index contributed by atoms with van der Waals surface area (Å²) < 4.78 is 11.2. The molecule has 7 heteroatoms. The second-order valence-electron chi connectivity index (χ2n) is 5.83. The fraction of sp³-hybridized carbons (Fsp3) is 0.467. The van der Waals surface area contributed by atoms with Gasteiger partial charge in [0, 0.05) is 16.4 Å². The van der Waals surface area contributed by atoms with E-state index < -0.39 is 23.6 Å². The number of carbonyl (C=O) groups excluding carboxylic acids is 2. The number of primary amides is 1. The van der Waals surface area contributed by atoms with Crippen molar-refractivity contribution < 1.29 is 19.1 Å². The number of halogens is 1. The van der Waals surface area contributed by atoms with E-state index in [4.69, 9.17) is 15.2 Å². The van der Waals surface area contributed by atoms with E-state index in [9.17, 15) is 9.59 Å². The number of ether oxygens (including phenoxy) is 2. The Balaban J connectivity index is 2.85. The fourth-order valence-corrected chi connectivity index (χ4v) is 2.09. The van der Waals surface area contributed by atoms with Gasteiger partial charge in [-0.15, -0.1) is 0 Å². The van der Waals surface area contributed by atoms with Crippen LogP contribution in [0.4, 0.5) is 4.79 Å². The molecule has 0 aromatic heterocycles. The second-order valence-corrected chi connectivity index (χ2v) is 6.75. The average Bonchev–Trinajstić information content (AvgIpc) is 2.37. The SMILES string of the molecule is COc1cc(Br)ccc1C[C@H](OC(=O)NC(C)(C)C)C(N)=O. The van der Waals surface area contributed by atoms with E-state index in [0.717, 1.165) is 10.0 Å². The average molecular weight is 373 g/mol. The summed E-state index contributed by atoms with van der Waals surface area (Å²) in [5.74, 6) is -0.130. The highest BCUT2D eigenvalue weighted by molar-refractivity contribution is 9.10. The van der Waals surface area contributed by atoms with E-state index in [1.54, 1.807) is 12.1 Å². The van der Waals surface area contributed by atoms with E-state index in [2.05, 4.69) is 21.2 Å². The van der Waals surface area contributed by atoms with Crippen molar-refractivity contribution in [2.45, 2.75) is 38.8 Å². The van der Waals surface area contributed by atoms with Gasteiger partial charge < -0.3 is 20.5 Å². The molecule has 0 fully saturated rings. The Bertz CT molecular complexity index is 555. The lowest BCUT2D eigenvalue weighted by atomic mass is 10.1. The molecule has 1 aromatic carbocycles. The first-order valence-electron chi connectivity index (χ1n) is 6.73. The molecule has 0 unspecified atom stereocenters. The maximum absolute atomic E-state index is 11.8. The number of methoxy groups -OCH3 is 1. The Hall–Kier alpha value is -1.76. The van der Waals surface area contributed by atoms with Gasteiger partial charge in [0.2, 0.25) is 0 Å². The molecule has 0 aliphatic heterocycles. The molecule has 0 heterocycles. The molecule has 0 spiro atoms. The number of carbonyl (C=O) groups is 2. The number of hydrogen-bond acceptors (Lipinski definition) is 4. The number of benzene rings is 1. The Morgan fingerprint density at radius 2 is 2.00 bits per heavy atom. The summed E-state index contributed by atoms with van der Waals surface area (Å²) in [5.41, 5.74) is 5.58. The topological polar surface area (TPSA) is 90.7 Å². The first-order chi connectivity index (χ1) is 10.1. The summed E-state index contributed by atoms with van der Waals surface area (Å²) in [6.07, 6.45) is -1.62. The number of nitrogens with two attached hydrogens (primary N) is 1. The highest BCUT2D eigenvalue weighted by Gasteiger charge is 2.24. The summed E-state index contributed by atoms with van der Waals surface area (Å²) in [7, 11) is 1.53. The van der Waals surface area contributed by atoms with Crippen molar-refractivity contribution in [3.05, 3.63) is 28.2 Å². The third kappa shape index (κ3) is 5.93. The van der Waals surface area contributed by atoms with Crippen LogP contribution in [-0.2, 0) is 16.0 Å². The zero-order valence-corrected chi connectivity index (χ0v) is 14.7. The van der Waals surface area contributed by atoms with Crippen LogP contribution < -0.4 is 15.8 Å². The van der Waals surface area contributed by atoms with Gasteiger partial charge in [0.15, 0.2) is 6.10 Å². The highest BCUT2D eigenvalue weighted by Crippen LogP contribution is 2.25. The number of rotatable bonds is 5. The van der Waals surface area contributed by atoms with Crippen molar-refractivity contribution in [3.8, 4) is 5.75 Å². The second kappa shape index (κ2) is 7.49. The van der Waals surface area contributed by atoms with Crippen molar-refractivity contribution in [3.63, 3.8) is 0 Å². The lowest BCUT2D eigenvalue weighted by Gasteiger charge is -2.22. The van der Waals surface area contributed by atoms with Crippen molar-refractivity contribution in [2.75, 3.05) is 7.11 Å². The molecule has 22 heavy (non-hydrogen) atoms. The molecule has 0 radical (unpaired) electrons. The third-order valence-electron chi connectivity index (χ3n) is 2.70. The predicted molar refractivity (Wildman–Crippen MR) is 86.8 cm³/mol. The molecule has 1 rings (SSSR count). The molecule has 122 valence electrons. The maximum Gasteiger partial charge on any atom is 0.408 e. The Labute approximate surface area is 138 Å². The van der Waals surface area contributed by atoms with Crippen molar-refractivity contribution in [2.24, 2.45) is 5.73 Å². The van der Waals surface area contributed by atoms with Crippen LogP contribution in [0.1, 0.15) is 26.3 Å². The van der Waals surface area contributed by atoms with Gasteiger partial charge in [0.05, 0.1) is 7.11 Å². The van der Waals surface area contributed by atoms with Crippen molar-refractivity contribution in [1.82, 2.24) is 5.32 Å². The van der Waals surface area contributed by atoms with E-state index in [1.165, 1.54) is 7.11 Å². The minimum absolute atomic E-state index is 0.142. The van der Waals surface area contributed by atoms with Gasteiger partial charge in [-0.1, -0.05) is 22.0 Å². The van der Waals surface area contributed by atoms with Gasteiger partial charge in [-0.05, 0) is 38.5 Å². The maximum atomic E-state index is 11.8. The van der Waals surface area contributed by atoms with Crippen LogP contribution in [-0.4, -0.2) is 30.8 Å². The summed E-state index contributed by atoms with van der Waals surface area (Å²) in [6.45, 7) is 5.43. The number of hydrogen-bond donors (Lipinski definition) is 2. The lowest BCUT2D eigenvalue weighted by molar-refractivity contribution is -0.126. The zero-order valence-electron chi connectivity index (χ0n) is 13.1. The number of amides is 2. The molecule has 2 amide bonds. The van der Waals surface area contributed by atoms with Gasteiger partial charge in [0.25, 0.3) is 5.91 Å². The first kappa shape index (κ1) is 18.3. The predicted octanol–water partition coefficient (Wildman–Crippen LogP) is 2.38. The zero-order chi connectivity index (χ0) is 16.9. The molecule has 1 aromatic rings. The van der Waals surface area contributed by atoms with E-state index in [1.807, 2.05) is 26.8 Å². The summed E-state index contributed by atoms with van der Waals surface area (Å²) in [6, 6.07) is 5.36. The lowest BCUT2D eigenvalue weighted by Crippen LogP contribution is -2.45. The van der Waals surface area contributed by atoms with Crippen LogP contribution in [0.15, 0.2) is 22.7 Å². The van der Waals surface area contributed by atoms with Gasteiger partial charge in [-0.25, -0.2) is 4.79 Å². The van der Waals surface area contributed by atoms with Crippen molar-refractivity contribution >= 4 is 27.9 Å². The monoisotopic (exact) mass is 372 g/mol. The van der Waals surface area contributed by atoms with Crippen LogP contribution >= 0.6 is 15.9 Å². The molecule has 0 aliphatic rings. The normalized spacial score (nSPS) is 12.4. The third-order valence-corrected chi connectivity index (χ3v) is 3.19. The van der Waals surface area contributed by atoms with Gasteiger partial charge in [-0.3, -0.25) is 4.79 Å². The number of alkyl carbamates (subject to hydrolysis) is 1. The Morgan fingerprint density at radius 1 is 1.36 bits per heavy atom. The number of nitrogens with one attached hydrogen (secondary N) is 1. The van der Waals surface area contributed by atoms with Gasteiger partial charge in [0.1, 0.15) is 5.75 Å². The van der Waals surface area contributed by atoms with Crippen LogP contribution in [0, 0.1) is 0 Å². The van der Waals surface area contributed by atoms with Gasteiger partial charge in [-0.2, -0.15) is 0 Å². The van der Waals surface area contributed by atoms with Crippen LogP contribution in [0.3, 0.4) is 0 Å². The minimum atomic E-state index is -1.07. The molecule has 0 bridgehead atoms. The summed E-state index contributed by atoms with van der Waals surface area (Å²) in [5, 5.41) is 2.62. The Kier molecular flexibility index (Phi) is 6.22. The molecule has 0 saturated carbocycles. The Morgan fingerprint density at radius 3 is 2.50 bits per heavy atom. The molecule has 0 saturated heterocycles. The van der Waals surface area contributed by atoms with Crippen LogP contribution in [0.2, 0.25) is 0 Å². The van der Waals surface area contributed by atoms with E-state index >= 15 is 0 Å². The molecule has 1 atom stereocenters. The van der Waals surface area contributed by atoms with Crippen molar-refractivity contribution in [1.29, 1.82) is 0 Å². The largest absolute Gasteiger partial charge is 0.496 e. The minimum Gasteiger partial charge on any atom is -0.496 e. The first-order valence-corrected chi connectivity index (χ1v) is 7.52. The smallest absolute Gasteiger partial charge is 0.408 e. The van der Waals surface area contributed by atoms with E-state index in [-0.39, 0.29) is 6.42 Å². The molecular formula is C15H21BrN2O4. The summed E-state index contributed by atoms with van der Waals surface area (Å²) in [4.78, 5) is 23.3. The summed E-state index contributed by atoms with van der Waals surface area (Å²) >= 11 is 3.34. The molecule has 0 aliphatic carbocycles. The molecule has 3 N–H and O–H groups in total. The fourth-order valence-electron chi connectivity index (χ4n) is 1.75. The van der Waals surface area contributed by atoms with Crippen LogP contribution in [0.5, 0.6) is 5.75 Å². The molecular weight excluding hydrogens is 352 g/mol. The molecule has 6 nitrogen and oxygen atoms in total. The quantitative estimate of drug-likeness (QED) is 0.829. The highest BCUT2D eigenvalue weighted by atomic mass is 79.9. The van der Waals surface area contributed by atoms with Crippen LogP contribution in [0.25, 0.3) is 0 Å². The standard InChI is InChI=1S/C15H21BrN2O4/c1-15(2,3)18-14(20)22-12(13(17)19)7-9-5-6-10(16)8-11(9)21-4/h5-6,8,12H,7H2,1-4H3,(H2,17,19)(H,18,20)/t12-/m0/s1. The van der Waals surface area contributed by atoms with E-state index in [0.29, 0.717) is 5.75 Å².